The van der Waals surface area contributed by atoms with Crippen LogP contribution in [0.4, 0.5) is 0 Å². The van der Waals surface area contributed by atoms with Gasteiger partial charge in [0.2, 0.25) is 0 Å². The molecule has 152 valence electrons. The molecule has 1 fully saturated rings. The van der Waals surface area contributed by atoms with Gasteiger partial charge >= 0.3 is 5.97 Å². The summed E-state index contributed by atoms with van der Waals surface area (Å²) in [5, 5.41) is 0. The first-order valence-corrected chi connectivity index (χ1v) is 11.0. The smallest absolute Gasteiger partial charge is 0.331 e. The van der Waals surface area contributed by atoms with Crippen molar-refractivity contribution in [2.75, 3.05) is 13.2 Å². The van der Waals surface area contributed by atoms with Crippen LogP contribution in [0, 0.1) is 0 Å². The zero-order valence-corrected chi connectivity index (χ0v) is 16.9. The van der Waals surface area contributed by atoms with Gasteiger partial charge in [0.25, 0.3) is 15.9 Å². The molecule has 1 amide bonds. The lowest BCUT2D eigenvalue weighted by Gasteiger charge is -2.35. The van der Waals surface area contributed by atoms with Crippen LogP contribution in [-0.4, -0.2) is 56.3 Å². The highest BCUT2D eigenvalue weighted by Gasteiger charge is 2.32. The molecule has 1 N–H and O–H groups in total. The van der Waals surface area contributed by atoms with E-state index < -0.39 is 22.0 Å². The van der Waals surface area contributed by atoms with Crippen LogP contribution in [0.5, 0.6) is 0 Å². The van der Waals surface area contributed by atoms with Crippen LogP contribution in [-0.2, 0) is 24.3 Å². The highest BCUT2D eigenvalue weighted by molar-refractivity contribution is 7.90. The second kappa shape index (κ2) is 8.30. The van der Waals surface area contributed by atoms with E-state index in [0.29, 0.717) is 12.1 Å². The number of aliphatic imine (C=N–C) groups is 1. The molecule has 0 aliphatic carbocycles. The minimum absolute atomic E-state index is 0.105. The number of hydrogen-bond acceptors (Lipinski definition) is 6. The molecule has 1 aromatic carbocycles. The van der Waals surface area contributed by atoms with E-state index >= 15 is 0 Å². The molecule has 0 bridgehead atoms. The zero-order valence-electron chi connectivity index (χ0n) is 16.1. The topological polar surface area (TPSA) is 105 Å². The summed E-state index contributed by atoms with van der Waals surface area (Å²) < 4.78 is 31.7. The third-order valence-corrected chi connectivity index (χ3v) is 6.48. The number of piperidine rings is 1. The lowest BCUT2D eigenvalue weighted by atomic mass is 10.00. The number of hydrogen-bond donors (Lipinski definition) is 1. The summed E-state index contributed by atoms with van der Waals surface area (Å²) in [4.78, 5) is 30.7. The molecule has 2 aliphatic rings. The van der Waals surface area contributed by atoms with Gasteiger partial charge in [0, 0.05) is 18.2 Å². The Hall–Kier alpha value is -2.42. The van der Waals surface area contributed by atoms with E-state index in [4.69, 9.17) is 4.74 Å². The number of fused-ring (bicyclic) bond motifs is 1. The van der Waals surface area contributed by atoms with Crippen molar-refractivity contribution in [1.82, 2.24) is 9.62 Å². The first-order chi connectivity index (χ1) is 13.3. The molecule has 0 aromatic heterocycles. The zero-order chi connectivity index (χ0) is 20.3. The van der Waals surface area contributed by atoms with Crippen molar-refractivity contribution in [2.24, 2.45) is 4.99 Å². The minimum Gasteiger partial charge on any atom is -0.454 e. The summed E-state index contributed by atoms with van der Waals surface area (Å²) in [6.45, 7) is 3.91. The van der Waals surface area contributed by atoms with Crippen molar-refractivity contribution >= 4 is 27.7 Å². The average molecular weight is 407 g/mol. The summed E-state index contributed by atoms with van der Waals surface area (Å²) in [6.07, 6.45) is 3.91. The fourth-order valence-corrected chi connectivity index (χ4v) is 4.80. The maximum absolute atomic E-state index is 12.4. The lowest BCUT2D eigenvalue weighted by molar-refractivity contribution is -0.154. The number of carbonyl (C=O) groups excluding carboxylic acids is 2. The first kappa shape index (κ1) is 20.3. The Morgan fingerprint density at radius 1 is 1.32 bits per heavy atom. The molecule has 1 aromatic rings. The second-order valence-electron chi connectivity index (χ2n) is 7.01. The van der Waals surface area contributed by atoms with Crippen molar-refractivity contribution in [1.29, 1.82) is 0 Å². The maximum atomic E-state index is 12.4. The number of esters is 1. The molecule has 2 heterocycles. The molecule has 0 radical (unpaired) electrons. The fraction of sp³-hybridized carbons (Fsp3) is 0.526. The van der Waals surface area contributed by atoms with Crippen LogP contribution < -0.4 is 4.72 Å². The van der Waals surface area contributed by atoms with Gasteiger partial charge in [-0.15, -0.1) is 0 Å². The summed E-state index contributed by atoms with van der Waals surface area (Å²) in [7, 11) is -3.67. The van der Waals surface area contributed by atoms with Gasteiger partial charge in [-0.1, -0.05) is 19.1 Å². The summed E-state index contributed by atoms with van der Waals surface area (Å²) in [5.41, 5.74) is 0.414. The molecular weight excluding hydrogens is 382 g/mol. The molecule has 3 rings (SSSR count). The van der Waals surface area contributed by atoms with Crippen molar-refractivity contribution in [3.63, 3.8) is 0 Å². The molecule has 1 saturated heterocycles. The molecule has 9 heteroatoms. The Morgan fingerprint density at radius 2 is 2.07 bits per heavy atom. The molecule has 0 saturated carbocycles. The van der Waals surface area contributed by atoms with E-state index in [2.05, 4.69) is 9.71 Å². The number of rotatable bonds is 5. The van der Waals surface area contributed by atoms with E-state index in [-0.39, 0.29) is 29.3 Å². The Labute approximate surface area is 165 Å². The van der Waals surface area contributed by atoms with E-state index in [9.17, 15) is 18.0 Å². The molecular formula is C19H25N3O5S. The molecule has 28 heavy (non-hydrogen) atoms. The van der Waals surface area contributed by atoms with Gasteiger partial charge < -0.3 is 9.64 Å². The number of sulfonamides is 1. The van der Waals surface area contributed by atoms with E-state index in [1.807, 2.05) is 6.92 Å². The van der Waals surface area contributed by atoms with Gasteiger partial charge in [0.1, 0.15) is 11.9 Å². The number of ether oxygens (including phenoxy) is 1. The Morgan fingerprint density at radius 3 is 2.82 bits per heavy atom. The molecule has 2 aliphatic heterocycles. The SMILES string of the molecule is CC[C@@H]1CCCCN1C(=O)COC(=O)[C@H](C)N=C1NS(=O)(=O)c2ccccc21. The Bertz CT molecular complexity index is 897. The molecule has 0 spiro atoms. The second-order valence-corrected chi connectivity index (χ2v) is 8.66. The highest BCUT2D eigenvalue weighted by atomic mass is 32.2. The molecule has 2 atom stereocenters. The number of amides is 1. The predicted octanol–water partition coefficient (Wildman–Crippen LogP) is 1.45. The fourth-order valence-electron chi connectivity index (χ4n) is 3.57. The van der Waals surface area contributed by atoms with Gasteiger partial charge in [-0.3, -0.25) is 14.5 Å². The maximum Gasteiger partial charge on any atom is 0.331 e. The number of nitrogens with one attached hydrogen (secondary N) is 1. The van der Waals surface area contributed by atoms with Crippen molar-refractivity contribution in [3.8, 4) is 0 Å². The van der Waals surface area contributed by atoms with Crippen LogP contribution in [0.25, 0.3) is 0 Å². The number of carbonyl (C=O) groups is 2. The summed E-state index contributed by atoms with van der Waals surface area (Å²) in [6, 6.07) is 5.66. The number of nitrogens with zero attached hydrogens (tertiary/aromatic N) is 2. The lowest BCUT2D eigenvalue weighted by Crippen LogP contribution is -2.45. The summed E-state index contributed by atoms with van der Waals surface area (Å²) in [5.74, 6) is -0.769. The number of likely N-dealkylation sites (tertiary alicyclic amines) is 1. The van der Waals surface area contributed by atoms with Crippen molar-refractivity contribution in [3.05, 3.63) is 29.8 Å². The normalized spacial score (nSPS) is 23.0. The first-order valence-electron chi connectivity index (χ1n) is 9.49. The third-order valence-electron chi connectivity index (χ3n) is 5.08. The Balaban J connectivity index is 1.63. The van der Waals surface area contributed by atoms with E-state index in [1.54, 1.807) is 23.1 Å². The van der Waals surface area contributed by atoms with Crippen LogP contribution in [0.15, 0.2) is 34.2 Å². The third kappa shape index (κ3) is 4.19. The number of amidine groups is 1. The monoisotopic (exact) mass is 407 g/mol. The molecule has 0 unspecified atom stereocenters. The standard InChI is InChI=1S/C19H25N3O5S/c1-3-14-8-6-7-11-22(14)17(23)12-27-19(24)13(2)20-18-15-9-4-5-10-16(15)28(25,26)21-18/h4-5,9-10,13-14H,3,6-8,11-12H2,1-2H3,(H,20,21)/t13-,14+/m0/s1. The highest BCUT2D eigenvalue weighted by Crippen LogP contribution is 2.23. The van der Waals surface area contributed by atoms with Crippen LogP contribution in [0.3, 0.4) is 0 Å². The number of benzene rings is 1. The quantitative estimate of drug-likeness (QED) is 0.744. The Kier molecular flexibility index (Phi) is 6.02. The average Bonchev–Trinajstić information content (AvgIpc) is 2.96. The van der Waals surface area contributed by atoms with Gasteiger partial charge in [-0.2, -0.15) is 0 Å². The van der Waals surface area contributed by atoms with Crippen LogP contribution >= 0.6 is 0 Å². The van der Waals surface area contributed by atoms with Gasteiger partial charge in [0.05, 0.1) is 4.90 Å². The van der Waals surface area contributed by atoms with Crippen molar-refractivity contribution < 1.29 is 22.7 Å². The van der Waals surface area contributed by atoms with E-state index in [0.717, 1.165) is 25.7 Å². The van der Waals surface area contributed by atoms with Crippen molar-refractivity contribution in [2.45, 2.75) is 56.5 Å². The predicted molar refractivity (Wildman–Crippen MR) is 103 cm³/mol. The van der Waals surface area contributed by atoms with E-state index in [1.165, 1.54) is 13.0 Å². The largest absolute Gasteiger partial charge is 0.454 e. The van der Waals surface area contributed by atoms with Gasteiger partial charge in [-0.05, 0) is 44.7 Å². The van der Waals surface area contributed by atoms with Crippen LogP contribution in [0.1, 0.15) is 45.1 Å². The molecule has 8 nitrogen and oxygen atoms in total. The van der Waals surface area contributed by atoms with Gasteiger partial charge in [-0.25, -0.2) is 13.2 Å². The summed E-state index contributed by atoms with van der Waals surface area (Å²) >= 11 is 0. The van der Waals surface area contributed by atoms with Crippen LogP contribution in [0.2, 0.25) is 0 Å². The van der Waals surface area contributed by atoms with Gasteiger partial charge in [0.15, 0.2) is 6.61 Å². The minimum atomic E-state index is -3.67.